The molecule has 0 aromatic rings. The topological polar surface area (TPSA) is 0 Å². The molecule has 0 amide bonds. The van der Waals surface area contributed by atoms with Gasteiger partial charge in [-0.15, -0.1) is 0 Å². The molecule has 0 bridgehead atoms. The Bertz CT molecular complexity index is 253. The van der Waals surface area contributed by atoms with Gasteiger partial charge in [0.05, 0.1) is 0 Å². The van der Waals surface area contributed by atoms with E-state index in [1.807, 2.05) is 0 Å². The van der Waals surface area contributed by atoms with Gasteiger partial charge < -0.3 is 0 Å². The van der Waals surface area contributed by atoms with Gasteiger partial charge in [-0.2, -0.15) is 0 Å². The summed E-state index contributed by atoms with van der Waals surface area (Å²) in [7, 11) is 9.87. The molecule has 0 spiro atoms. The molecule has 0 heterocycles. The van der Waals surface area contributed by atoms with Crippen LogP contribution >= 0.6 is 17.0 Å². The Kier molecular flexibility index (Phi) is 11.2. The van der Waals surface area contributed by atoms with Crippen molar-refractivity contribution in [2.24, 2.45) is 5.92 Å². The van der Waals surface area contributed by atoms with Crippen LogP contribution in [0.15, 0.2) is 48.1 Å². The molecule has 15 heavy (non-hydrogen) atoms. The van der Waals surface area contributed by atoms with Gasteiger partial charge in [0.25, 0.3) is 0 Å². The zero-order valence-electron chi connectivity index (χ0n) is 9.08. The van der Waals surface area contributed by atoms with E-state index in [4.69, 9.17) is 17.0 Å². The summed E-state index contributed by atoms with van der Waals surface area (Å²) in [4.78, 5) is 0. The molecule has 0 aromatic carbocycles. The Hall–Kier alpha value is 0.423. The molecule has 0 saturated carbocycles. The number of hydrogen-bond donors (Lipinski definition) is 0. The average Bonchev–Trinajstić information content (AvgIpc) is 2.81. The third kappa shape index (κ3) is 10.7. The van der Waals surface area contributed by atoms with Gasteiger partial charge in [0.2, 0.25) is 0 Å². The summed E-state index contributed by atoms with van der Waals surface area (Å²) in [6.45, 7) is 4.31. The zero-order valence-corrected chi connectivity index (χ0v) is 13.1. The molecular weight excluding hydrogens is 306 g/mol. The van der Waals surface area contributed by atoms with Crippen molar-refractivity contribution in [2.75, 3.05) is 0 Å². The molecule has 0 N–H and O–H groups in total. The second-order valence-electron chi connectivity index (χ2n) is 3.35. The Morgan fingerprint density at radius 3 is 1.87 bits per heavy atom. The van der Waals surface area contributed by atoms with Crippen LogP contribution in [0, 0.1) is 5.92 Å². The van der Waals surface area contributed by atoms with Crippen LogP contribution in [0.2, 0.25) is 0 Å². The van der Waals surface area contributed by atoms with Crippen LogP contribution < -0.4 is 0 Å². The van der Waals surface area contributed by atoms with Crippen molar-refractivity contribution in [1.82, 2.24) is 0 Å². The first-order valence-electron chi connectivity index (χ1n) is 4.84. The zero-order chi connectivity index (χ0) is 11.5. The monoisotopic (exact) mass is 320 g/mol. The van der Waals surface area contributed by atoms with E-state index in [-0.39, 0.29) is 0 Å². The van der Waals surface area contributed by atoms with Crippen LogP contribution in [0.1, 0.15) is 20.3 Å². The molecule has 2 rings (SSSR count). The average molecular weight is 322 g/mol. The van der Waals surface area contributed by atoms with Crippen LogP contribution in [0.25, 0.3) is 0 Å². The summed E-state index contributed by atoms with van der Waals surface area (Å²) in [6.07, 6.45) is 16.0. The van der Waals surface area contributed by atoms with Gasteiger partial charge in [-0.25, -0.2) is 0 Å². The predicted molar refractivity (Wildman–Crippen MR) is 66.7 cm³/mol. The number of rotatable bonds is 0. The molecular formula is C12H16Cl2Zr+2. The fraction of sp³-hybridized carbons (Fsp3) is 0.333. The number of hydrogen-bond acceptors (Lipinski definition) is 0. The molecule has 0 fully saturated rings. The van der Waals surface area contributed by atoms with Gasteiger partial charge in [-0.1, -0.05) is 55.0 Å². The molecule has 0 saturated heterocycles. The minimum absolute atomic E-state index is 0.685. The van der Waals surface area contributed by atoms with E-state index in [0.717, 1.165) is 0 Å². The maximum absolute atomic E-state index is 4.93. The van der Waals surface area contributed by atoms with E-state index < -0.39 is 20.8 Å². The SMILES string of the molecule is CC1=CC=CC1.CC1C=CC=C1.[Cl][Zr+2][Cl]. The van der Waals surface area contributed by atoms with Crippen LogP contribution in [-0.2, 0) is 20.8 Å². The molecule has 80 valence electrons. The Labute approximate surface area is 111 Å². The third-order valence-corrected chi connectivity index (χ3v) is 1.90. The molecule has 2 aliphatic carbocycles. The van der Waals surface area contributed by atoms with Crippen molar-refractivity contribution in [1.29, 1.82) is 0 Å². The summed E-state index contributed by atoms with van der Waals surface area (Å²) in [6, 6.07) is 0. The molecule has 0 atom stereocenters. The van der Waals surface area contributed by atoms with Crippen LogP contribution in [0.3, 0.4) is 0 Å². The van der Waals surface area contributed by atoms with E-state index in [0.29, 0.717) is 5.92 Å². The fourth-order valence-electron chi connectivity index (χ4n) is 1.10. The van der Waals surface area contributed by atoms with E-state index >= 15 is 0 Å². The third-order valence-electron chi connectivity index (χ3n) is 1.90. The van der Waals surface area contributed by atoms with E-state index in [1.54, 1.807) is 0 Å². The normalized spacial score (nSPS) is 16.1. The second kappa shape index (κ2) is 10.9. The van der Waals surface area contributed by atoms with Crippen LogP contribution in [0.5, 0.6) is 0 Å². The minimum atomic E-state index is -0.826. The fourth-order valence-corrected chi connectivity index (χ4v) is 1.10. The van der Waals surface area contributed by atoms with E-state index in [1.165, 1.54) is 12.0 Å². The molecule has 0 aromatic heterocycles. The Balaban J connectivity index is 0.000000210. The second-order valence-corrected chi connectivity index (χ2v) is 7.08. The summed E-state index contributed by atoms with van der Waals surface area (Å²) >= 11 is -0.826. The van der Waals surface area contributed by atoms with Gasteiger partial charge >= 0.3 is 37.9 Å². The molecule has 2 aliphatic rings. The van der Waals surface area contributed by atoms with Crippen LogP contribution in [0.4, 0.5) is 0 Å². The first kappa shape index (κ1) is 15.4. The molecule has 0 radical (unpaired) electrons. The Morgan fingerprint density at radius 1 is 1.20 bits per heavy atom. The van der Waals surface area contributed by atoms with Gasteiger partial charge in [-0.3, -0.25) is 0 Å². The van der Waals surface area contributed by atoms with E-state index in [9.17, 15) is 0 Å². The van der Waals surface area contributed by atoms with Crippen molar-refractivity contribution in [3.63, 3.8) is 0 Å². The van der Waals surface area contributed by atoms with Crippen molar-refractivity contribution in [2.45, 2.75) is 20.3 Å². The van der Waals surface area contributed by atoms with Crippen molar-refractivity contribution in [3.05, 3.63) is 48.1 Å². The quantitative estimate of drug-likeness (QED) is 0.587. The van der Waals surface area contributed by atoms with Gasteiger partial charge in [-0.05, 0) is 19.3 Å². The number of allylic oxidation sites excluding steroid dienone is 8. The van der Waals surface area contributed by atoms with Gasteiger partial charge in [0, 0.05) is 0 Å². The first-order valence-corrected chi connectivity index (χ1v) is 11.2. The molecule has 0 unspecified atom stereocenters. The van der Waals surface area contributed by atoms with Crippen molar-refractivity contribution >= 4 is 17.0 Å². The van der Waals surface area contributed by atoms with Crippen LogP contribution in [-0.4, -0.2) is 0 Å². The summed E-state index contributed by atoms with van der Waals surface area (Å²) in [5, 5.41) is 0. The summed E-state index contributed by atoms with van der Waals surface area (Å²) in [5.74, 6) is 0.685. The molecule has 0 nitrogen and oxygen atoms in total. The van der Waals surface area contributed by atoms with Gasteiger partial charge in [0.15, 0.2) is 0 Å². The van der Waals surface area contributed by atoms with E-state index in [2.05, 4.69) is 56.4 Å². The first-order chi connectivity index (χ1) is 7.20. The standard InChI is InChI=1S/2C6H8.2ClH.Zr/c2*1-6-4-2-3-5-6;;;/h2-4H,5H2,1H3;2-6H,1H3;2*1H;/q;;;;+4/p-2. The predicted octanol–water partition coefficient (Wildman–Crippen LogP) is 5.02. The maximum atomic E-state index is 4.93. The van der Waals surface area contributed by atoms with Gasteiger partial charge in [0.1, 0.15) is 0 Å². The number of halogens is 2. The molecule has 0 aliphatic heterocycles. The summed E-state index contributed by atoms with van der Waals surface area (Å²) in [5.41, 5.74) is 1.47. The van der Waals surface area contributed by atoms with Crippen molar-refractivity contribution in [3.8, 4) is 0 Å². The molecule has 3 heteroatoms. The Morgan fingerprint density at radius 2 is 1.73 bits per heavy atom. The summed E-state index contributed by atoms with van der Waals surface area (Å²) < 4.78 is 0. The van der Waals surface area contributed by atoms with Crippen molar-refractivity contribution < 1.29 is 20.8 Å².